The fourth-order valence-corrected chi connectivity index (χ4v) is 2.09. The first-order valence-electron chi connectivity index (χ1n) is 6.66. The number of hydrogen-bond donors (Lipinski definition) is 2. The van der Waals surface area contributed by atoms with Crippen LogP contribution in [0.3, 0.4) is 0 Å². The van der Waals surface area contributed by atoms with E-state index in [0.29, 0.717) is 18.3 Å². The monoisotopic (exact) mass is 226 g/mol. The zero-order valence-corrected chi connectivity index (χ0v) is 10.7. The third-order valence-electron chi connectivity index (χ3n) is 3.22. The minimum atomic E-state index is 0.228. The first-order chi connectivity index (χ1) is 7.68. The first kappa shape index (κ1) is 13.5. The maximum Gasteiger partial charge on any atom is 0.220 e. The van der Waals surface area contributed by atoms with E-state index in [4.69, 9.17) is 0 Å². The van der Waals surface area contributed by atoms with Crippen molar-refractivity contribution in [2.75, 3.05) is 19.6 Å². The maximum absolute atomic E-state index is 11.5. The van der Waals surface area contributed by atoms with Gasteiger partial charge in [0.1, 0.15) is 0 Å². The van der Waals surface area contributed by atoms with E-state index in [1.165, 1.54) is 12.8 Å². The van der Waals surface area contributed by atoms with E-state index in [-0.39, 0.29) is 5.91 Å². The molecule has 1 unspecified atom stereocenters. The summed E-state index contributed by atoms with van der Waals surface area (Å²) >= 11 is 0. The molecule has 1 saturated heterocycles. The summed E-state index contributed by atoms with van der Waals surface area (Å²) in [4.78, 5) is 11.5. The Hall–Kier alpha value is -0.570. The molecule has 1 heterocycles. The quantitative estimate of drug-likeness (QED) is 0.726. The highest BCUT2D eigenvalue weighted by Gasteiger charge is 2.14. The van der Waals surface area contributed by atoms with Crippen LogP contribution >= 0.6 is 0 Å². The highest BCUT2D eigenvalue weighted by atomic mass is 16.1. The molecule has 1 fully saturated rings. The Kier molecular flexibility index (Phi) is 6.46. The lowest BCUT2D eigenvalue weighted by Gasteiger charge is -2.22. The largest absolute Gasteiger partial charge is 0.356 e. The Balaban J connectivity index is 2.00. The van der Waals surface area contributed by atoms with E-state index in [1.807, 2.05) is 0 Å². The van der Waals surface area contributed by atoms with E-state index in [1.54, 1.807) is 0 Å². The molecule has 3 nitrogen and oxygen atoms in total. The van der Waals surface area contributed by atoms with Gasteiger partial charge in [0.25, 0.3) is 0 Å². The third-order valence-corrected chi connectivity index (χ3v) is 3.22. The van der Waals surface area contributed by atoms with Gasteiger partial charge in [0.15, 0.2) is 0 Å². The van der Waals surface area contributed by atoms with Crippen LogP contribution in [0.15, 0.2) is 0 Å². The number of piperidine rings is 1. The average molecular weight is 226 g/mol. The molecule has 0 aromatic heterocycles. The summed E-state index contributed by atoms with van der Waals surface area (Å²) < 4.78 is 0. The SMILES string of the molecule is CC(C)CCNC(=O)CCC1CCCNC1. The van der Waals surface area contributed by atoms with E-state index in [2.05, 4.69) is 24.5 Å². The number of carbonyl (C=O) groups is 1. The van der Waals surface area contributed by atoms with Gasteiger partial charge >= 0.3 is 0 Å². The Morgan fingerprint density at radius 1 is 1.50 bits per heavy atom. The summed E-state index contributed by atoms with van der Waals surface area (Å²) in [6.07, 6.45) is 5.37. The van der Waals surface area contributed by atoms with Gasteiger partial charge in [-0.05, 0) is 50.6 Å². The minimum absolute atomic E-state index is 0.228. The molecule has 0 radical (unpaired) electrons. The number of carbonyl (C=O) groups excluding carboxylic acids is 1. The number of hydrogen-bond acceptors (Lipinski definition) is 2. The molecule has 0 aliphatic carbocycles. The van der Waals surface area contributed by atoms with Crippen LogP contribution < -0.4 is 10.6 Å². The Morgan fingerprint density at radius 2 is 2.31 bits per heavy atom. The maximum atomic E-state index is 11.5. The lowest BCUT2D eigenvalue weighted by atomic mass is 9.94. The molecule has 1 atom stereocenters. The van der Waals surface area contributed by atoms with Gasteiger partial charge in [-0.1, -0.05) is 13.8 Å². The molecule has 3 heteroatoms. The molecule has 0 aromatic rings. The molecule has 1 aliphatic rings. The third kappa shape index (κ3) is 6.11. The van der Waals surface area contributed by atoms with E-state index in [9.17, 15) is 4.79 Å². The van der Waals surface area contributed by atoms with E-state index < -0.39 is 0 Å². The molecule has 1 amide bonds. The van der Waals surface area contributed by atoms with E-state index >= 15 is 0 Å². The highest BCUT2D eigenvalue weighted by molar-refractivity contribution is 5.75. The van der Waals surface area contributed by atoms with Crippen molar-refractivity contribution in [1.29, 1.82) is 0 Å². The molecule has 2 N–H and O–H groups in total. The average Bonchev–Trinajstić information content (AvgIpc) is 2.27. The second kappa shape index (κ2) is 7.66. The van der Waals surface area contributed by atoms with Crippen molar-refractivity contribution in [3.63, 3.8) is 0 Å². The number of rotatable bonds is 6. The van der Waals surface area contributed by atoms with Crippen LogP contribution in [0.2, 0.25) is 0 Å². The summed E-state index contributed by atoms with van der Waals surface area (Å²) in [5.74, 6) is 1.61. The summed E-state index contributed by atoms with van der Waals surface area (Å²) in [5, 5.41) is 6.38. The fraction of sp³-hybridized carbons (Fsp3) is 0.923. The van der Waals surface area contributed by atoms with Crippen LogP contribution in [0, 0.1) is 11.8 Å². The molecule has 0 spiro atoms. The molecular weight excluding hydrogens is 200 g/mol. The summed E-state index contributed by atoms with van der Waals surface area (Å²) in [6, 6.07) is 0. The van der Waals surface area contributed by atoms with Crippen molar-refractivity contribution < 1.29 is 4.79 Å². The summed E-state index contributed by atoms with van der Waals surface area (Å²) in [5.41, 5.74) is 0. The normalized spacial score (nSPS) is 21.1. The zero-order chi connectivity index (χ0) is 11.8. The van der Waals surface area contributed by atoms with Crippen LogP contribution in [-0.4, -0.2) is 25.5 Å². The number of amides is 1. The highest BCUT2D eigenvalue weighted by Crippen LogP contribution is 2.15. The lowest BCUT2D eigenvalue weighted by molar-refractivity contribution is -0.121. The molecule has 94 valence electrons. The zero-order valence-electron chi connectivity index (χ0n) is 10.7. The van der Waals surface area contributed by atoms with Gasteiger partial charge in [0.05, 0.1) is 0 Å². The van der Waals surface area contributed by atoms with Crippen LogP contribution in [0.5, 0.6) is 0 Å². The molecule has 0 saturated carbocycles. The molecule has 1 rings (SSSR count). The smallest absolute Gasteiger partial charge is 0.220 e. The lowest BCUT2D eigenvalue weighted by Crippen LogP contribution is -2.31. The number of nitrogens with one attached hydrogen (secondary N) is 2. The van der Waals surface area contributed by atoms with Crippen LogP contribution in [0.1, 0.15) is 46.0 Å². The van der Waals surface area contributed by atoms with Crippen molar-refractivity contribution in [2.24, 2.45) is 11.8 Å². The van der Waals surface area contributed by atoms with Gasteiger partial charge in [-0.2, -0.15) is 0 Å². The fourth-order valence-electron chi connectivity index (χ4n) is 2.09. The van der Waals surface area contributed by atoms with Crippen LogP contribution in [0.25, 0.3) is 0 Å². The molecule has 0 bridgehead atoms. The Morgan fingerprint density at radius 3 is 2.94 bits per heavy atom. The van der Waals surface area contributed by atoms with Crippen molar-refractivity contribution in [2.45, 2.75) is 46.0 Å². The van der Waals surface area contributed by atoms with Gasteiger partial charge < -0.3 is 10.6 Å². The molecule has 16 heavy (non-hydrogen) atoms. The van der Waals surface area contributed by atoms with Gasteiger partial charge in [0, 0.05) is 13.0 Å². The van der Waals surface area contributed by atoms with Gasteiger partial charge in [-0.25, -0.2) is 0 Å². The van der Waals surface area contributed by atoms with Crippen LogP contribution in [-0.2, 0) is 4.79 Å². The van der Waals surface area contributed by atoms with Gasteiger partial charge in [0.2, 0.25) is 5.91 Å². The summed E-state index contributed by atoms with van der Waals surface area (Å²) in [6.45, 7) is 7.44. The molecule has 0 aromatic carbocycles. The second-order valence-electron chi connectivity index (χ2n) is 5.28. The molecular formula is C13H26N2O. The Labute approximate surface area is 99.4 Å². The van der Waals surface area contributed by atoms with Crippen molar-refractivity contribution in [3.8, 4) is 0 Å². The first-order valence-corrected chi connectivity index (χ1v) is 6.66. The van der Waals surface area contributed by atoms with Gasteiger partial charge in [-0.15, -0.1) is 0 Å². The van der Waals surface area contributed by atoms with Crippen molar-refractivity contribution in [3.05, 3.63) is 0 Å². The van der Waals surface area contributed by atoms with E-state index in [0.717, 1.165) is 32.5 Å². The topological polar surface area (TPSA) is 41.1 Å². The standard InChI is InChI=1S/C13H26N2O/c1-11(2)7-9-15-13(16)6-5-12-4-3-8-14-10-12/h11-12,14H,3-10H2,1-2H3,(H,15,16). The van der Waals surface area contributed by atoms with Crippen molar-refractivity contribution >= 4 is 5.91 Å². The second-order valence-corrected chi connectivity index (χ2v) is 5.28. The Bertz CT molecular complexity index is 198. The van der Waals surface area contributed by atoms with Crippen LogP contribution in [0.4, 0.5) is 0 Å². The predicted octanol–water partition coefficient (Wildman–Crippen LogP) is 1.93. The molecule has 1 aliphatic heterocycles. The van der Waals surface area contributed by atoms with Crippen molar-refractivity contribution in [1.82, 2.24) is 10.6 Å². The summed E-state index contributed by atoms with van der Waals surface area (Å²) in [7, 11) is 0. The van der Waals surface area contributed by atoms with Gasteiger partial charge in [-0.3, -0.25) is 4.79 Å². The minimum Gasteiger partial charge on any atom is -0.356 e. The predicted molar refractivity (Wildman–Crippen MR) is 67.3 cm³/mol.